The van der Waals surface area contributed by atoms with Crippen molar-refractivity contribution in [2.24, 2.45) is 11.1 Å². The molecule has 0 heterocycles. The predicted molar refractivity (Wildman–Crippen MR) is 86.1 cm³/mol. The Morgan fingerprint density at radius 1 is 1.14 bits per heavy atom. The van der Waals surface area contributed by atoms with Crippen molar-refractivity contribution in [3.63, 3.8) is 0 Å². The first kappa shape index (κ1) is 14.3. The van der Waals surface area contributed by atoms with Gasteiger partial charge in [0.15, 0.2) is 0 Å². The average Bonchev–Trinajstić information content (AvgIpc) is 2.53. The lowest BCUT2D eigenvalue weighted by molar-refractivity contribution is 0.0177. The molecule has 0 spiro atoms. The van der Waals surface area contributed by atoms with Gasteiger partial charge in [-0.2, -0.15) is 0 Å². The molecule has 0 saturated heterocycles. The first-order valence-electron chi connectivity index (χ1n) is 7.66. The van der Waals surface area contributed by atoms with Gasteiger partial charge in [0.05, 0.1) is 6.10 Å². The Balaban J connectivity index is 1.95. The van der Waals surface area contributed by atoms with Gasteiger partial charge in [-0.1, -0.05) is 54.1 Å². The van der Waals surface area contributed by atoms with Gasteiger partial charge in [-0.05, 0) is 42.9 Å². The zero-order valence-electron chi connectivity index (χ0n) is 12.5. The van der Waals surface area contributed by atoms with Crippen molar-refractivity contribution in [1.82, 2.24) is 0 Å². The normalized spacial score (nSPS) is 22.6. The predicted octanol–water partition coefficient (Wildman–Crippen LogP) is 3.16. The zero-order valence-corrected chi connectivity index (χ0v) is 12.5. The standard InChI is InChI=1S/C19H23NO/c1-14-5-4-8-16(11-14)18(21)19(13-20)10-9-15-6-2-3-7-17(15)12-19/h2-8,11,18,21H,9-10,12-13,20H2,1H3. The topological polar surface area (TPSA) is 46.2 Å². The average molecular weight is 281 g/mol. The van der Waals surface area contributed by atoms with Crippen LogP contribution >= 0.6 is 0 Å². The molecule has 0 aromatic heterocycles. The van der Waals surface area contributed by atoms with Crippen LogP contribution in [0.5, 0.6) is 0 Å². The third kappa shape index (κ3) is 2.61. The summed E-state index contributed by atoms with van der Waals surface area (Å²) in [6, 6.07) is 16.7. The minimum atomic E-state index is -0.504. The zero-order chi connectivity index (χ0) is 14.9. The smallest absolute Gasteiger partial charge is 0.0861 e. The Bertz CT molecular complexity index is 637. The molecule has 0 aliphatic heterocycles. The first-order chi connectivity index (χ1) is 10.1. The number of aliphatic hydroxyl groups is 1. The van der Waals surface area contributed by atoms with E-state index >= 15 is 0 Å². The van der Waals surface area contributed by atoms with Crippen LogP contribution in [0.15, 0.2) is 48.5 Å². The molecular weight excluding hydrogens is 258 g/mol. The number of nitrogens with two attached hydrogens (primary N) is 1. The van der Waals surface area contributed by atoms with E-state index in [1.807, 2.05) is 12.1 Å². The molecule has 2 nitrogen and oxygen atoms in total. The van der Waals surface area contributed by atoms with Gasteiger partial charge < -0.3 is 10.8 Å². The van der Waals surface area contributed by atoms with E-state index in [1.165, 1.54) is 16.7 Å². The summed E-state index contributed by atoms with van der Waals surface area (Å²) in [7, 11) is 0. The summed E-state index contributed by atoms with van der Waals surface area (Å²) in [5, 5.41) is 11.0. The second kappa shape index (κ2) is 5.63. The van der Waals surface area contributed by atoms with Gasteiger partial charge in [-0.25, -0.2) is 0 Å². The molecule has 0 fully saturated rings. The summed E-state index contributed by atoms with van der Waals surface area (Å²) in [6.45, 7) is 2.57. The molecule has 2 unspecified atom stereocenters. The molecule has 1 aliphatic carbocycles. The third-order valence-corrected chi connectivity index (χ3v) is 4.90. The van der Waals surface area contributed by atoms with Crippen LogP contribution in [0.2, 0.25) is 0 Å². The van der Waals surface area contributed by atoms with Gasteiger partial charge in [0.1, 0.15) is 0 Å². The molecule has 0 radical (unpaired) electrons. The molecule has 110 valence electrons. The molecule has 21 heavy (non-hydrogen) atoms. The third-order valence-electron chi connectivity index (χ3n) is 4.90. The quantitative estimate of drug-likeness (QED) is 0.907. The van der Waals surface area contributed by atoms with Crippen LogP contribution in [-0.2, 0) is 12.8 Å². The lowest BCUT2D eigenvalue weighted by Gasteiger charge is -2.41. The highest BCUT2D eigenvalue weighted by Gasteiger charge is 2.40. The molecule has 2 aromatic carbocycles. The lowest BCUT2D eigenvalue weighted by atomic mass is 9.66. The number of fused-ring (bicyclic) bond motifs is 1. The van der Waals surface area contributed by atoms with Crippen LogP contribution in [-0.4, -0.2) is 11.7 Å². The summed E-state index contributed by atoms with van der Waals surface area (Å²) in [6.07, 6.45) is 2.29. The fourth-order valence-electron chi connectivity index (χ4n) is 3.54. The van der Waals surface area contributed by atoms with E-state index in [2.05, 4.69) is 43.3 Å². The van der Waals surface area contributed by atoms with E-state index in [9.17, 15) is 5.11 Å². The number of rotatable bonds is 3. The maximum Gasteiger partial charge on any atom is 0.0861 e. The molecule has 2 atom stereocenters. The van der Waals surface area contributed by atoms with Gasteiger partial charge in [-0.15, -0.1) is 0 Å². The van der Waals surface area contributed by atoms with E-state index in [-0.39, 0.29) is 5.41 Å². The van der Waals surface area contributed by atoms with Crippen LogP contribution in [0.3, 0.4) is 0 Å². The van der Waals surface area contributed by atoms with E-state index < -0.39 is 6.10 Å². The van der Waals surface area contributed by atoms with E-state index in [0.717, 1.165) is 24.8 Å². The minimum Gasteiger partial charge on any atom is -0.388 e. The Morgan fingerprint density at radius 3 is 2.62 bits per heavy atom. The van der Waals surface area contributed by atoms with Crippen LogP contribution in [0, 0.1) is 12.3 Å². The number of benzene rings is 2. The maximum atomic E-state index is 11.0. The van der Waals surface area contributed by atoms with Crippen molar-refractivity contribution >= 4 is 0 Å². The fourth-order valence-corrected chi connectivity index (χ4v) is 3.54. The van der Waals surface area contributed by atoms with Crippen molar-refractivity contribution < 1.29 is 5.11 Å². The summed E-state index contributed by atoms with van der Waals surface area (Å²) < 4.78 is 0. The fraction of sp³-hybridized carbons (Fsp3) is 0.368. The maximum absolute atomic E-state index is 11.0. The van der Waals surface area contributed by atoms with Gasteiger partial charge in [0, 0.05) is 12.0 Å². The first-order valence-corrected chi connectivity index (χ1v) is 7.66. The molecule has 2 heteroatoms. The molecule has 0 saturated carbocycles. The molecule has 3 N–H and O–H groups in total. The van der Waals surface area contributed by atoms with Crippen molar-refractivity contribution in [3.8, 4) is 0 Å². The van der Waals surface area contributed by atoms with Crippen LogP contribution in [0.4, 0.5) is 0 Å². The monoisotopic (exact) mass is 281 g/mol. The molecule has 1 aliphatic rings. The van der Waals surface area contributed by atoms with Gasteiger partial charge in [0.25, 0.3) is 0 Å². The van der Waals surface area contributed by atoms with Gasteiger partial charge in [0.2, 0.25) is 0 Å². The number of aryl methyl sites for hydroxylation is 2. The molecular formula is C19H23NO. The lowest BCUT2D eigenvalue weighted by Crippen LogP contribution is -2.41. The van der Waals surface area contributed by atoms with Crippen molar-refractivity contribution in [2.45, 2.75) is 32.3 Å². The minimum absolute atomic E-state index is 0.248. The Labute approximate surface area is 126 Å². The number of aliphatic hydroxyl groups excluding tert-OH is 1. The van der Waals surface area contributed by atoms with Crippen molar-refractivity contribution in [3.05, 3.63) is 70.8 Å². The highest BCUT2D eigenvalue weighted by atomic mass is 16.3. The summed E-state index contributed by atoms with van der Waals surface area (Å²) >= 11 is 0. The molecule has 0 bridgehead atoms. The Hall–Kier alpha value is -1.64. The summed E-state index contributed by atoms with van der Waals surface area (Å²) in [4.78, 5) is 0. The summed E-state index contributed by atoms with van der Waals surface area (Å²) in [5.41, 5.74) is 10.8. The molecule has 2 aromatic rings. The van der Waals surface area contributed by atoms with Gasteiger partial charge >= 0.3 is 0 Å². The highest BCUT2D eigenvalue weighted by Crippen LogP contribution is 2.44. The second-order valence-electron chi connectivity index (χ2n) is 6.33. The van der Waals surface area contributed by atoms with Crippen molar-refractivity contribution in [1.29, 1.82) is 0 Å². The highest BCUT2D eigenvalue weighted by molar-refractivity contribution is 5.33. The van der Waals surface area contributed by atoms with Crippen molar-refractivity contribution in [2.75, 3.05) is 6.54 Å². The number of hydrogen-bond donors (Lipinski definition) is 2. The second-order valence-corrected chi connectivity index (χ2v) is 6.33. The van der Waals surface area contributed by atoms with Gasteiger partial charge in [-0.3, -0.25) is 0 Å². The summed E-state index contributed by atoms with van der Waals surface area (Å²) in [5.74, 6) is 0. The molecule has 3 rings (SSSR count). The molecule has 0 amide bonds. The van der Waals surface area contributed by atoms with E-state index in [1.54, 1.807) is 0 Å². The SMILES string of the molecule is Cc1cccc(C(O)C2(CN)CCc3ccccc3C2)c1. The Kier molecular flexibility index (Phi) is 3.83. The van der Waals surface area contributed by atoms with Crippen LogP contribution < -0.4 is 5.73 Å². The Morgan fingerprint density at radius 2 is 1.90 bits per heavy atom. The number of hydrogen-bond acceptors (Lipinski definition) is 2. The van der Waals surface area contributed by atoms with E-state index in [0.29, 0.717) is 6.54 Å². The van der Waals surface area contributed by atoms with Crippen LogP contribution in [0.25, 0.3) is 0 Å². The largest absolute Gasteiger partial charge is 0.388 e. The van der Waals surface area contributed by atoms with E-state index in [4.69, 9.17) is 5.73 Å². The van der Waals surface area contributed by atoms with Crippen LogP contribution in [0.1, 0.15) is 34.8 Å².